The van der Waals surface area contributed by atoms with Crippen molar-refractivity contribution in [3.8, 4) is 5.75 Å². The lowest BCUT2D eigenvalue weighted by atomic mass is 10.1. The Labute approximate surface area is 212 Å². The van der Waals surface area contributed by atoms with Crippen LogP contribution in [0.15, 0.2) is 71.6 Å². The third-order valence-electron chi connectivity index (χ3n) is 5.62. The van der Waals surface area contributed by atoms with Gasteiger partial charge in [-0.2, -0.15) is 0 Å². The number of aryl methyl sites for hydroxylation is 3. The van der Waals surface area contributed by atoms with Crippen LogP contribution >= 0.6 is 11.6 Å². The fraction of sp³-hybridized carbons (Fsp3) is 0.296. The van der Waals surface area contributed by atoms with Gasteiger partial charge in [-0.15, -0.1) is 0 Å². The van der Waals surface area contributed by atoms with Crippen LogP contribution in [0.1, 0.15) is 30.0 Å². The van der Waals surface area contributed by atoms with E-state index in [2.05, 4.69) is 12.2 Å². The van der Waals surface area contributed by atoms with Crippen LogP contribution in [0.4, 0.5) is 5.69 Å². The number of hydrogen-bond acceptors (Lipinski definition) is 4. The van der Waals surface area contributed by atoms with Gasteiger partial charge in [-0.3, -0.25) is 9.10 Å². The number of sulfonamides is 1. The number of anilines is 1. The van der Waals surface area contributed by atoms with E-state index in [9.17, 15) is 13.2 Å². The largest absolute Gasteiger partial charge is 0.492 e. The van der Waals surface area contributed by atoms with Crippen LogP contribution in [-0.4, -0.2) is 34.0 Å². The van der Waals surface area contributed by atoms with Gasteiger partial charge in [0.15, 0.2) is 0 Å². The summed E-state index contributed by atoms with van der Waals surface area (Å²) in [5, 5.41) is 3.18. The first-order valence-corrected chi connectivity index (χ1v) is 13.4. The lowest BCUT2D eigenvalue weighted by molar-refractivity contribution is -0.119. The summed E-state index contributed by atoms with van der Waals surface area (Å²) in [6.45, 7) is 6.14. The minimum Gasteiger partial charge on any atom is -0.492 e. The third kappa shape index (κ3) is 7.23. The third-order valence-corrected chi connectivity index (χ3v) is 7.66. The van der Waals surface area contributed by atoms with Crippen LogP contribution in [0.5, 0.6) is 5.75 Å². The summed E-state index contributed by atoms with van der Waals surface area (Å²) in [6.07, 6.45) is 2.10. The van der Waals surface area contributed by atoms with Crippen LogP contribution in [0.3, 0.4) is 0 Å². The quantitative estimate of drug-likeness (QED) is 0.352. The first kappa shape index (κ1) is 26.6. The predicted molar refractivity (Wildman–Crippen MR) is 141 cm³/mol. The Morgan fingerprint density at radius 1 is 0.971 bits per heavy atom. The molecule has 0 radical (unpaired) electrons. The summed E-state index contributed by atoms with van der Waals surface area (Å²) in [7, 11) is -4.00. The van der Waals surface area contributed by atoms with E-state index in [1.165, 1.54) is 29.8 Å². The van der Waals surface area contributed by atoms with Crippen LogP contribution in [0, 0.1) is 13.8 Å². The SMILES string of the molecule is CCCc1ccc(OCCNC(=O)CN(c2ccc(C)c(C)c2)S(=O)(=O)c2ccc(Cl)cc2)cc1. The molecule has 0 fully saturated rings. The van der Waals surface area contributed by atoms with E-state index >= 15 is 0 Å². The molecule has 1 N–H and O–H groups in total. The summed E-state index contributed by atoms with van der Waals surface area (Å²) in [4.78, 5) is 12.8. The molecule has 0 aliphatic heterocycles. The van der Waals surface area contributed by atoms with Gasteiger partial charge in [-0.05, 0) is 85.5 Å². The van der Waals surface area contributed by atoms with Gasteiger partial charge in [0.05, 0.1) is 17.1 Å². The second kappa shape index (κ2) is 12.1. The standard InChI is InChI=1S/C27H31ClN2O4S/c1-4-5-22-7-12-25(13-8-22)34-17-16-29-27(31)19-30(24-11-6-20(2)21(3)18-24)35(32,33)26-14-9-23(28)10-15-26/h6-15,18H,4-5,16-17,19H2,1-3H3,(H,29,31). The molecule has 1 amide bonds. The molecule has 0 heterocycles. The highest BCUT2D eigenvalue weighted by Crippen LogP contribution is 2.26. The van der Waals surface area contributed by atoms with Crippen LogP contribution in [-0.2, 0) is 21.2 Å². The number of halogens is 1. The number of carbonyl (C=O) groups excluding carboxylic acids is 1. The van der Waals surface area contributed by atoms with Gasteiger partial charge in [-0.25, -0.2) is 8.42 Å². The van der Waals surface area contributed by atoms with Crippen LogP contribution < -0.4 is 14.4 Å². The number of benzene rings is 3. The highest BCUT2D eigenvalue weighted by Gasteiger charge is 2.27. The molecule has 0 aliphatic rings. The second-order valence-corrected chi connectivity index (χ2v) is 10.6. The number of nitrogens with one attached hydrogen (secondary N) is 1. The van der Waals surface area contributed by atoms with Crippen LogP contribution in [0.25, 0.3) is 0 Å². The minimum absolute atomic E-state index is 0.0581. The molecule has 3 aromatic rings. The van der Waals surface area contributed by atoms with Crippen molar-refractivity contribution in [3.05, 3.63) is 88.4 Å². The lowest BCUT2D eigenvalue weighted by Gasteiger charge is -2.25. The van der Waals surface area contributed by atoms with Gasteiger partial charge in [0, 0.05) is 5.02 Å². The molecule has 0 saturated heterocycles. The van der Waals surface area contributed by atoms with E-state index in [0.717, 1.165) is 34.0 Å². The van der Waals surface area contributed by atoms with Crippen molar-refractivity contribution in [3.63, 3.8) is 0 Å². The molecule has 0 bridgehead atoms. The number of nitrogens with zero attached hydrogens (tertiary/aromatic N) is 1. The monoisotopic (exact) mass is 514 g/mol. The zero-order valence-corrected chi connectivity index (χ0v) is 21.8. The molecular formula is C27H31ClN2O4S. The van der Waals surface area contributed by atoms with Gasteiger partial charge in [-0.1, -0.05) is 43.1 Å². The van der Waals surface area contributed by atoms with Gasteiger partial charge in [0.25, 0.3) is 10.0 Å². The Hall–Kier alpha value is -3.03. The molecule has 6 nitrogen and oxygen atoms in total. The maximum atomic E-state index is 13.4. The number of ether oxygens (including phenoxy) is 1. The number of carbonyl (C=O) groups is 1. The Balaban J connectivity index is 1.68. The predicted octanol–water partition coefficient (Wildman–Crippen LogP) is 5.30. The zero-order chi connectivity index (χ0) is 25.4. The van der Waals surface area contributed by atoms with E-state index in [-0.39, 0.29) is 24.6 Å². The normalized spacial score (nSPS) is 11.2. The molecule has 0 aliphatic carbocycles. The first-order chi connectivity index (χ1) is 16.7. The average molecular weight is 515 g/mol. The Morgan fingerprint density at radius 2 is 1.66 bits per heavy atom. The molecule has 0 aromatic heterocycles. The Kier molecular flexibility index (Phi) is 9.18. The molecule has 0 spiro atoms. The van der Waals surface area contributed by atoms with Gasteiger partial charge in [0.2, 0.25) is 5.91 Å². The van der Waals surface area contributed by atoms with E-state index in [0.29, 0.717) is 10.7 Å². The second-order valence-electron chi connectivity index (χ2n) is 8.33. The highest BCUT2D eigenvalue weighted by molar-refractivity contribution is 7.92. The minimum atomic E-state index is -4.00. The van der Waals surface area contributed by atoms with E-state index in [4.69, 9.17) is 16.3 Å². The fourth-order valence-corrected chi connectivity index (χ4v) is 5.06. The van der Waals surface area contributed by atoms with Crippen molar-refractivity contribution >= 4 is 33.2 Å². The number of rotatable bonds is 11. The van der Waals surface area contributed by atoms with Crippen molar-refractivity contribution in [2.45, 2.75) is 38.5 Å². The zero-order valence-electron chi connectivity index (χ0n) is 20.3. The first-order valence-electron chi connectivity index (χ1n) is 11.5. The summed E-state index contributed by atoms with van der Waals surface area (Å²) < 4.78 is 33.7. The lowest BCUT2D eigenvalue weighted by Crippen LogP contribution is -2.42. The van der Waals surface area contributed by atoms with Crippen molar-refractivity contribution in [1.82, 2.24) is 5.32 Å². The van der Waals surface area contributed by atoms with Crippen molar-refractivity contribution in [1.29, 1.82) is 0 Å². The van der Waals surface area contributed by atoms with Gasteiger partial charge < -0.3 is 10.1 Å². The Morgan fingerprint density at radius 3 is 2.29 bits per heavy atom. The summed E-state index contributed by atoms with van der Waals surface area (Å²) in [6, 6.07) is 19.1. The van der Waals surface area contributed by atoms with Crippen molar-refractivity contribution in [2.24, 2.45) is 0 Å². The molecule has 3 aromatic carbocycles. The van der Waals surface area contributed by atoms with Gasteiger partial charge in [0.1, 0.15) is 18.9 Å². The maximum absolute atomic E-state index is 13.4. The van der Waals surface area contributed by atoms with E-state index in [1.807, 2.05) is 44.2 Å². The molecule has 0 unspecified atom stereocenters. The smallest absolute Gasteiger partial charge is 0.264 e. The van der Waals surface area contributed by atoms with Crippen LogP contribution in [0.2, 0.25) is 5.02 Å². The summed E-state index contributed by atoms with van der Waals surface area (Å²) in [5.41, 5.74) is 3.63. The van der Waals surface area contributed by atoms with E-state index in [1.54, 1.807) is 12.1 Å². The molecule has 3 rings (SSSR count). The number of amides is 1. The maximum Gasteiger partial charge on any atom is 0.264 e. The molecule has 35 heavy (non-hydrogen) atoms. The average Bonchev–Trinajstić information content (AvgIpc) is 2.83. The molecule has 0 atom stereocenters. The van der Waals surface area contributed by atoms with Crippen molar-refractivity contribution in [2.75, 3.05) is 24.0 Å². The molecular weight excluding hydrogens is 484 g/mol. The summed E-state index contributed by atoms with van der Waals surface area (Å²) >= 11 is 5.93. The fourth-order valence-electron chi connectivity index (χ4n) is 3.52. The molecule has 186 valence electrons. The topological polar surface area (TPSA) is 75.7 Å². The molecule has 0 saturated carbocycles. The summed E-state index contributed by atoms with van der Waals surface area (Å²) in [5.74, 6) is 0.295. The van der Waals surface area contributed by atoms with Gasteiger partial charge >= 0.3 is 0 Å². The molecule has 8 heteroatoms. The Bertz CT molecular complexity index is 1240. The van der Waals surface area contributed by atoms with Crippen molar-refractivity contribution < 1.29 is 17.9 Å². The van der Waals surface area contributed by atoms with E-state index < -0.39 is 15.9 Å². The highest BCUT2D eigenvalue weighted by atomic mass is 35.5. The number of hydrogen-bond donors (Lipinski definition) is 1.